The summed E-state index contributed by atoms with van der Waals surface area (Å²) in [5, 5.41) is 15.1. The van der Waals surface area contributed by atoms with Gasteiger partial charge in [0.15, 0.2) is 6.10 Å². The van der Waals surface area contributed by atoms with E-state index in [1.165, 1.54) is 0 Å². The zero-order valence-electron chi connectivity index (χ0n) is 12.9. The number of aryl methyl sites for hydroxylation is 2. The second-order valence-corrected chi connectivity index (χ2v) is 5.52. The number of rotatable bonds is 4. The standard InChI is InChI=1S/C16H16N4O3/c1-9-12(10(2)23-20-9)8-17-16-19-18-15(22-16)14-7-11-5-3-4-6-13(11)21-14/h3-6,14H,7-8H2,1-2H3,(H,17,19)/t14-/m0/s1. The van der Waals surface area contributed by atoms with Gasteiger partial charge in [0, 0.05) is 18.5 Å². The van der Waals surface area contributed by atoms with Crippen LogP contribution in [0.1, 0.15) is 34.6 Å². The van der Waals surface area contributed by atoms with Crippen molar-refractivity contribution in [3.8, 4) is 5.75 Å². The van der Waals surface area contributed by atoms with E-state index in [1.54, 1.807) is 0 Å². The average Bonchev–Trinajstić information content (AvgIpc) is 3.25. The van der Waals surface area contributed by atoms with Gasteiger partial charge in [0.05, 0.1) is 5.69 Å². The lowest BCUT2D eigenvalue weighted by Gasteiger charge is -2.04. The predicted molar refractivity (Wildman–Crippen MR) is 81.1 cm³/mol. The van der Waals surface area contributed by atoms with Crippen molar-refractivity contribution in [3.63, 3.8) is 0 Å². The first kappa shape index (κ1) is 13.8. The summed E-state index contributed by atoms with van der Waals surface area (Å²) in [6, 6.07) is 8.30. The summed E-state index contributed by atoms with van der Waals surface area (Å²) in [5.41, 5.74) is 3.00. The molecule has 0 bridgehead atoms. The molecule has 23 heavy (non-hydrogen) atoms. The second-order valence-electron chi connectivity index (χ2n) is 5.52. The molecule has 2 aromatic heterocycles. The quantitative estimate of drug-likeness (QED) is 0.792. The molecule has 7 heteroatoms. The highest BCUT2D eigenvalue weighted by Crippen LogP contribution is 2.36. The van der Waals surface area contributed by atoms with E-state index in [2.05, 4.69) is 20.7 Å². The summed E-state index contributed by atoms with van der Waals surface area (Å²) in [5.74, 6) is 2.13. The summed E-state index contributed by atoms with van der Waals surface area (Å²) in [6.45, 7) is 4.30. The maximum Gasteiger partial charge on any atom is 0.315 e. The van der Waals surface area contributed by atoms with Gasteiger partial charge in [-0.1, -0.05) is 28.5 Å². The fourth-order valence-electron chi connectivity index (χ4n) is 2.67. The van der Waals surface area contributed by atoms with Crippen LogP contribution in [0.3, 0.4) is 0 Å². The molecular weight excluding hydrogens is 296 g/mol. The highest BCUT2D eigenvalue weighted by Gasteiger charge is 2.28. The van der Waals surface area contributed by atoms with Crippen LogP contribution in [0.5, 0.6) is 5.75 Å². The first-order chi connectivity index (χ1) is 11.2. The Bertz CT molecular complexity index is 795. The highest BCUT2D eigenvalue weighted by molar-refractivity contribution is 5.38. The SMILES string of the molecule is Cc1noc(C)c1CNc1nnc([C@@H]2Cc3ccccc3O2)o1. The van der Waals surface area contributed by atoms with Crippen molar-refractivity contribution in [2.75, 3.05) is 5.32 Å². The van der Waals surface area contributed by atoms with E-state index in [4.69, 9.17) is 13.7 Å². The number of aromatic nitrogens is 3. The van der Waals surface area contributed by atoms with Crippen molar-refractivity contribution in [2.24, 2.45) is 0 Å². The van der Waals surface area contributed by atoms with E-state index in [1.807, 2.05) is 38.1 Å². The Morgan fingerprint density at radius 3 is 2.87 bits per heavy atom. The van der Waals surface area contributed by atoms with Crippen LogP contribution in [-0.2, 0) is 13.0 Å². The van der Waals surface area contributed by atoms with Gasteiger partial charge >= 0.3 is 6.01 Å². The fraction of sp³-hybridized carbons (Fsp3) is 0.312. The van der Waals surface area contributed by atoms with Crippen LogP contribution in [0, 0.1) is 13.8 Å². The van der Waals surface area contributed by atoms with E-state index >= 15 is 0 Å². The number of anilines is 1. The molecule has 0 fully saturated rings. The molecule has 118 valence electrons. The first-order valence-electron chi connectivity index (χ1n) is 7.44. The molecule has 1 N–H and O–H groups in total. The lowest BCUT2D eigenvalue weighted by Crippen LogP contribution is -2.03. The molecule has 4 rings (SSSR count). The number of hydrogen-bond acceptors (Lipinski definition) is 7. The summed E-state index contributed by atoms with van der Waals surface area (Å²) in [4.78, 5) is 0. The van der Waals surface area contributed by atoms with Crippen LogP contribution in [0.4, 0.5) is 6.01 Å². The molecule has 1 aliphatic rings. The monoisotopic (exact) mass is 312 g/mol. The minimum absolute atomic E-state index is 0.227. The number of fused-ring (bicyclic) bond motifs is 1. The van der Waals surface area contributed by atoms with Crippen molar-refractivity contribution in [1.29, 1.82) is 0 Å². The van der Waals surface area contributed by atoms with E-state index in [0.717, 1.165) is 34.8 Å². The minimum Gasteiger partial charge on any atom is -0.480 e. The zero-order valence-corrected chi connectivity index (χ0v) is 12.9. The number of hydrogen-bond donors (Lipinski definition) is 1. The van der Waals surface area contributed by atoms with Crippen LogP contribution in [-0.4, -0.2) is 15.4 Å². The molecule has 0 aliphatic carbocycles. The summed E-state index contributed by atoms with van der Waals surface area (Å²) >= 11 is 0. The van der Waals surface area contributed by atoms with Crippen LogP contribution in [0.25, 0.3) is 0 Å². The average molecular weight is 312 g/mol. The molecule has 1 aromatic carbocycles. The van der Waals surface area contributed by atoms with Gasteiger partial charge in [0.25, 0.3) is 5.89 Å². The van der Waals surface area contributed by atoms with Gasteiger partial charge in [0.2, 0.25) is 0 Å². The lowest BCUT2D eigenvalue weighted by molar-refractivity contribution is 0.199. The summed E-state index contributed by atoms with van der Waals surface area (Å²) < 4.78 is 16.6. The third kappa shape index (κ3) is 2.54. The molecule has 1 aliphatic heterocycles. The van der Waals surface area contributed by atoms with Crippen molar-refractivity contribution >= 4 is 6.01 Å². The summed E-state index contributed by atoms with van der Waals surface area (Å²) in [7, 11) is 0. The largest absolute Gasteiger partial charge is 0.480 e. The first-order valence-corrected chi connectivity index (χ1v) is 7.44. The molecule has 1 atom stereocenters. The van der Waals surface area contributed by atoms with Crippen molar-refractivity contribution in [2.45, 2.75) is 32.9 Å². The molecule has 0 saturated carbocycles. The Hall–Kier alpha value is -2.83. The molecular formula is C16H16N4O3. The van der Waals surface area contributed by atoms with Gasteiger partial charge in [-0.15, -0.1) is 5.10 Å². The number of para-hydroxylation sites is 1. The van der Waals surface area contributed by atoms with Crippen LogP contribution in [0.15, 0.2) is 33.2 Å². The highest BCUT2D eigenvalue weighted by atomic mass is 16.5. The van der Waals surface area contributed by atoms with Gasteiger partial charge in [-0.3, -0.25) is 0 Å². The van der Waals surface area contributed by atoms with E-state index in [9.17, 15) is 0 Å². The van der Waals surface area contributed by atoms with E-state index < -0.39 is 0 Å². The topological polar surface area (TPSA) is 86.2 Å². The van der Waals surface area contributed by atoms with Crippen LogP contribution < -0.4 is 10.1 Å². The molecule has 7 nitrogen and oxygen atoms in total. The third-order valence-electron chi connectivity index (χ3n) is 3.96. The molecule has 0 saturated heterocycles. The summed E-state index contributed by atoms with van der Waals surface area (Å²) in [6.07, 6.45) is 0.510. The van der Waals surface area contributed by atoms with Crippen molar-refractivity contribution < 1.29 is 13.7 Å². The molecule has 0 unspecified atom stereocenters. The van der Waals surface area contributed by atoms with Crippen LogP contribution in [0.2, 0.25) is 0 Å². The Labute approximate surface area is 132 Å². The maximum absolute atomic E-state index is 5.85. The van der Waals surface area contributed by atoms with E-state index in [-0.39, 0.29) is 6.10 Å². The second kappa shape index (κ2) is 5.42. The van der Waals surface area contributed by atoms with Gasteiger partial charge < -0.3 is 19.0 Å². The zero-order chi connectivity index (χ0) is 15.8. The van der Waals surface area contributed by atoms with Crippen LogP contribution >= 0.6 is 0 Å². The van der Waals surface area contributed by atoms with Gasteiger partial charge in [-0.2, -0.15) is 0 Å². The fourth-order valence-corrected chi connectivity index (χ4v) is 2.67. The van der Waals surface area contributed by atoms with Gasteiger partial charge in [0.1, 0.15) is 11.5 Å². The Balaban J connectivity index is 1.44. The minimum atomic E-state index is -0.227. The van der Waals surface area contributed by atoms with E-state index in [0.29, 0.717) is 18.5 Å². The molecule has 0 spiro atoms. The molecule has 3 aromatic rings. The lowest BCUT2D eigenvalue weighted by atomic mass is 10.1. The van der Waals surface area contributed by atoms with Gasteiger partial charge in [-0.25, -0.2) is 0 Å². The normalized spacial score (nSPS) is 16.2. The maximum atomic E-state index is 5.85. The van der Waals surface area contributed by atoms with Crippen molar-refractivity contribution in [3.05, 3.63) is 52.7 Å². The number of ether oxygens (including phenoxy) is 1. The van der Waals surface area contributed by atoms with Crippen molar-refractivity contribution in [1.82, 2.24) is 15.4 Å². The number of nitrogens with zero attached hydrogens (tertiary/aromatic N) is 3. The predicted octanol–water partition coefficient (Wildman–Crippen LogP) is 2.96. The number of benzene rings is 1. The molecule has 0 amide bonds. The third-order valence-corrected chi connectivity index (χ3v) is 3.96. The van der Waals surface area contributed by atoms with Gasteiger partial charge in [-0.05, 0) is 25.5 Å². The molecule has 0 radical (unpaired) electrons. The Morgan fingerprint density at radius 1 is 1.22 bits per heavy atom. The Morgan fingerprint density at radius 2 is 2.09 bits per heavy atom. The smallest absolute Gasteiger partial charge is 0.315 e. The Kier molecular flexibility index (Phi) is 3.25. The number of nitrogens with one attached hydrogen (secondary N) is 1. The molecule has 3 heterocycles.